The highest BCUT2D eigenvalue weighted by atomic mass is 16.2. The van der Waals surface area contributed by atoms with Gasteiger partial charge in [0.1, 0.15) is 0 Å². The van der Waals surface area contributed by atoms with Crippen molar-refractivity contribution in [2.24, 2.45) is 0 Å². The van der Waals surface area contributed by atoms with Gasteiger partial charge in [-0.05, 0) is 31.9 Å². The third kappa shape index (κ3) is 3.64. The number of amides is 2. The zero-order valence-corrected chi connectivity index (χ0v) is 13.5. The Morgan fingerprint density at radius 1 is 1.17 bits per heavy atom. The topological polar surface area (TPSA) is 78.7 Å². The van der Waals surface area contributed by atoms with E-state index in [0.29, 0.717) is 43.5 Å². The number of nitrogen functional groups attached to an aromatic ring is 1. The zero-order chi connectivity index (χ0) is 16.4. The van der Waals surface area contributed by atoms with E-state index in [-0.39, 0.29) is 17.9 Å². The predicted molar refractivity (Wildman–Crippen MR) is 89.0 cm³/mol. The molecule has 0 radical (unpaired) electrons. The molecular weight excluding hydrogens is 292 g/mol. The van der Waals surface area contributed by atoms with E-state index < -0.39 is 0 Å². The molecule has 1 aliphatic carbocycles. The predicted octanol–water partition coefficient (Wildman–Crippen LogP) is 0.694. The average molecular weight is 316 g/mol. The van der Waals surface area contributed by atoms with Crippen LogP contribution in [-0.4, -0.2) is 59.9 Å². The van der Waals surface area contributed by atoms with Crippen molar-refractivity contribution in [1.82, 2.24) is 15.1 Å². The molecule has 1 saturated carbocycles. The summed E-state index contributed by atoms with van der Waals surface area (Å²) in [6.45, 7) is 4.59. The molecule has 0 bridgehead atoms. The Bertz CT molecular complexity index is 592. The highest BCUT2D eigenvalue weighted by Gasteiger charge is 2.31. The van der Waals surface area contributed by atoms with Crippen LogP contribution < -0.4 is 11.1 Å². The Morgan fingerprint density at radius 3 is 2.43 bits per heavy atom. The number of nitrogens with one attached hydrogen (secondary N) is 1. The SMILES string of the molecule is CC(C(=O)NC1CC1)N1CCN(C(=O)c2ccccc2N)CC1. The minimum absolute atomic E-state index is 0.0298. The number of anilines is 1. The van der Waals surface area contributed by atoms with Crippen LogP contribution in [0.4, 0.5) is 5.69 Å². The van der Waals surface area contributed by atoms with Crippen molar-refractivity contribution in [3.63, 3.8) is 0 Å². The molecule has 1 unspecified atom stereocenters. The summed E-state index contributed by atoms with van der Waals surface area (Å²) < 4.78 is 0. The van der Waals surface area contributed by atoms with Gasteiger partial charge in [0.2, 0.25) is 5.91 Å². The number of piperazine rings is 1. The lowest BCUT2D eigenvalue weighted by Crippen LogP contribution is -2.55. The molecule has 3 rings (SSSR count). The van der Waals surface area contributed by atoms with E-state index in [1.165, 1.54) is 0 Å². The van der Waals surface area contributed by atoms with E-state index in [1.54, 1.807) is 12.1 Å². The van der Waals surface area contributed by atoms with Gasteiger partial charge in [-0.1, -0.05) is 12.1 Å². The van der Waals surface area contributed by atoms with Crippen molar-refractivity contribution in [1.29, 1.82) is 0 Å². The molecule has 6 nitrogen and oxygen atoms in total. The molecule has 124 valence electrons. The molecule has 1 aromatic carbocycles. The van der Waals surface area contributed by atoms with Gasteiger partial charge in [0.25, 0.3) is 5.91 Å². The van der Waals surface area contributed by atoms with Crippen LogP contribution in [0, 0.1) is 0 Å². The van der Waals surface area contributed by atoms with E-state index in [9.17, 15) is 9.59 Å². The molecule has 0 spiro atoms. The molecule has 6 heteroatoms. The van der Waals surface area contributed by atoms with Crippen LogP contribution in [-0.2, 0) is 4.79 Å². The van der Waals surface area contributed by atoms with Crippen molar-refractivity contribution < 1.29 is 9.59 Å². The van der Waals surface area contributed by atoms with E-state index in [0.717, 1.165) is 12.8 Å². The number of carbonyl (C=O) groups excluding carboxylic acids is 2. The molecule has 1 aliphatic heterocycles. The van der Waals surface area contributed by atoms with Gasteiger partial charge in [-0.15, -0.1) is 0 Å². The van der Waals surface area contributed by atoms with Gasteiger partial charge in [0, 0.05) is 37.9 Å². The normalized spacial score (nSPS) is 20.1. The molecule has 1 heterocycles. The Morgan fingerprint density at radius 2 is 1.83 bits per heavy atom. The Balaban J connectivity index is 1.54. The lowest BCUT2D eigenvalue weighted by atomic mass is 10.1. The van der Waals surface area contributed by atoms with Crippen LogP contribution in [0.1, 0.15) is 30.1 Å². The summed E-state index contributed by atoms with van der Waals surface area (Å²) in [6, 6.07) is 7.39. The third-order valence-electron chi connectivity index (χ3n) is 4.64. The van der Waals surface area contributed by atoms with Crippen LogP contribution in [0.2, 0.25) is 0 Å². The summed E-state index contributed by atoms with van der Waals surface area (Å²) in [5.74, 6) is 0.0671. The van der Waals surface area contributed by atoms with Crippen molar-refractivity contribution in [2.45, 2.75) is 31.8 Å². The number of hydrogen-bond acceptors (Lipinski definition) is 4. The van der Waals surface area contributed by atoms with Gasteiger partial charge in [-0.2, -0.15) is 0 Å². The van der Waals surface area contributed by atoms with Gasteiger partial charge in [0.15, 0.2) is 0 Å². The number of nitrogens with zero attached hydrogens (tertiary/aromatic N) is 2. The highest BCUT2D eigenvalue weighted by molar-refractivity contribution is 5.99. The first-order chi connectivity index (χ1) is 11.1. The maximum absolute atomic E-state index is 12.5. The molecule has 23 heavy (non-hydrogen) atoms. The van der Waals surface area contributed by atoms with Gasteiger partial charge < -0.3 is 16.0 Å². The molecule has 1 aromatic rings. The number of benzene rings is 1. The lowest BCUT2D eigenvalue weighted by Gasteiger charge is -2.37. The minimum Gasteiger partial charge on any atom is -0.398 e. The largest absolute Gasteiger partial charge is 0.398 e. The number of rotatable bonds is 4. The molecule has 1 saturated heterocycles. The van der Waals surface area contributed by atoms with E-state index in [2.05, 4.69) is 10.2 Å². The summed E-state index contributed by atoms with van der Waals surface area (Å²) in [5.41, 5.74) is 6.95. The molecule has 3 N–H and O–H groups in total. The zero-order valence-electron chi connectivity index (χ0n) is 13.5. The monoisotopic (exact) mass is 316 g/mol. The van der Waals surface area contributed by atoms with Crippen molar-refractivity contribution in [3.05, 3.63) is 29.8 Å². The number of nitrogens with two attached hydrogens (primary N) is 1. The third-order valence-corrected chi connectivity index (χ3v) is 4.64. The summed E-state index contributed by atoms with van der Waals surface area (Å²) in [7, 11) is 0. The van der Waals surface area contributed by atoms with Crippen LogP contribution in [0.5, 0.6) is 0 Å². The second-order valence-electron chi connectivity index (χ2n) is 6.37. The Kier molecular flexibility index (Phi) is 4.52. The second-order valence-corrected chi connectivity index (χ2v) is 6.37. The van der Waals surface area contributed by atoms with Gasteiger partial charge in [-0.25, -0.2) is 0 Å². The molecule has 2 aliphatic rings. The smallest absolute Gasteiger partial charge is 0.256 e. The lowest BCUT2D eigenvalue weighted by molar-refractivity contribution is -0.126. The van der Waals surface area contributed by atoms with Crippen LogP contribution in [0.3, 0.4) is 0 Å². The van der Waals surface area contributed by atoms with Crippen molar-refractivity contribution in [2.75, 3.05) is 31.9 Å². The summed E-state index contributed by atoms with van der Waals surface area (Å²) in [5, 5.41) is 3.04. The number of hydrogen-bond donors (Lipinski definition) is 2. The van der Waals surface area contributed by atoms with Gasteiger partial charge in [-0.3, -0.25) is 14.5 Å². The fourth-order valence-electron chi connectivity index (χ4n) is 2.89. The van der Waals surface area contributed by atoms with E-state index >= 15 is 0 Å². The molecule has 2 amide bonds. The second kappa shape index (κ2) is 6.58. The standard InChI is InChI=1S/C17H24N4O2/c1-12(16(22)19-13-6-7-13)20-8-10-21(11-9-20)17(23)14-4-2-3-5-15(14)18/h2-5,12-13H,6-11,18H2,1H3,(H,19,22). The number of carbonyl (C=O) groups is 2. The molecule has 2 fully saturated rings. The first-order valence-corrected chi connectivity index (χ1v) is 8.24. The number of para-hydroxylation sites is 1. The Labute approximate surface area is 136 Å². The van der Waals surface area contributed by atoms with Crippen LogP contribution in [0.25, 0.3) is 0 Å². The fourth-order valence-corrected chi connectivity index (χ4v) is 2.89. The first kappa shape index (κ1) is 15.8. The maximum atomic E-state index is 12.5. The highest BCUT2D eigenvalue weighted by Crippen LogP contribution is 2.20. The summed E-state index contributed by atoms with van der Waals surface area (Å²) in [4.78, 5) is 28.6. The minimum atomic E-state index is -0.144. The van der Waals surface area contributed by atoms with Crippen molar-refractivity contribution >= 4 is 17.5 Å². The summed E-state index contributed by atoms with van der Waals surface area (Å²) >= 11 is 0. The molecule has 0 aromatic heterocycles. The molecular formula is C17H24N4O2. The quantitative estimate of drug-likeness (QED) is 0.801. The van der Waals surface area contributed by atoms with Crippen LogP contribution in [0.15, 0.2) is 24.3 Å². The van der Waals surface area contributed by atoms with E-state index in [1.807, 2.05) is 24.0 Å². The van der Waals surface area contributed by atoms with Crippen molar-refractivity contribution in [3.8, 4) is 0 Å². The average Bonchev–Trinajstić information content (AvgIpc) is 3.38. The van der Waals surface area contributed by atoms with E-state index in [4.69, 9.17) is 5.73 Å². The molecule has 1 atom stereocenters. The first-order valence-electron chi connectivity index (χ1n) is 8.24. The van der Waals surface area contributed by atoms with Gasteiger partial charge in [0.05, 0.1) is 11.6 Å². The Hall–Kier alpha value is -2.08. The van der Waals surface area contributed by atoms with Crippen LogP contribution >= 0.6 is 0 Å². The fraction of sp³-hybridized carbons (Fsp3) is 0.529. The summed E-state index contributed by atoms with van der Waals surface area (Å²) in [6.07, 6.45) is 2.19. The maximum Gasteiger partial charge on any atom is 0.256 e. The van der Waals surface area contributed by atoms with Gasteiger partial charge >= 0.3 is 0 Å².